The van der Waals surface area contributed by atoms with Crippen molar-refractivity contribution in [2.24, 2.45) is 5.92 Å². The Kier molecular flexibility index (Phi) is 6.14. The van der Waals surface area contributed by atoms with Crippen LogP contribution < -0.4 is 5.32 Å². The van der Waals surface area contributed by atoms with Gasteiger partial charge >= 0.3 is 6.03 Å². The first-order valence-corrected chi connectivity index (χ1v) is 8.44. The van der Waals surface area contributed by atoms with Gasteiger partial charge in [-0.15, -0.1) is 0 Å². The maximum Gasteiger partial charge on any atom is 0.320 e. The van der Waals surface area contributed by atoms with Crippen LogP contribution in [0.4, 0.5) is 4.79 Å². The molecule has 2 saturated heterocycles. The Morgan fingerprint density at radius 3 is 2.45 bits per heavy atom. The van der Waals surface area contributed by atoms with E-state index in [0.29, 0.717) is 12.0 Å². The van der Waals surface area contributed by atoms with Gasteiger partial charge in [0.25, 0.3) is 0 Å². The fourth-order valence-electron chi connectivity index (χ4n) is 3.31. The van der Waals surface area contributed by atoms with Gasteiger partial charge in [0.15, 0.2) is 0 Å². The minimum absolute atomic E-state index is 0.273. The van der Waals surface area contributed by atoms with E-state index in [0.717, 1.165) is 32.7 Å². The van der Waals surface area contributed by atoms with Gasteiger partial charge in [-0.2, -0.15) is 0 Å². The summed E-state index contributed by atoms with van der Waals surface area (Å²) in [5, 5.41) is 3.52. The molecule has 2 amide bonds. The second kappa shape index (κ2) is 7.87. The Hall–Kier alpha value is -0.770. The number of urea groups is 1. The van der Waals surface area contributed by atoms with Crippen LogP contribution in [0.2, 0.25) is 0 Å². The highest BCUT2D eigenvalue weighted by atomic mass is 16.2. The summed E-state index contributed by atoms with van der Waals surface area (Å²) >= 11 is 0. The van der Waals surface area contributed by atoms with Crippen LogP contribution in [0.25, 0.3) is 0 Å². The SMILES string of the molecule is CC(C)CN(CC1CCCN1)C(=O)N1CCCCCC1. The fraction of sp³-hybridized carbons (Fsp3) is 0.938. The van der Waals surface area contributed by atoms with E-state index in [4.69, 9.17) is 0 Å². The molecule has 4 heteroatoms. The average molecular weight is 281 g/mol. The molecule has 2 rings (SSSR count). The van der Waals surface area contributed by atoms with Crippen LogP contribution in [-0.4, -0.2) is 54.6 Å². The molecule has 2 aliphatic heterocycles. The zero-order chi connectivity index (χ0) is 14.4. The Morgan fingerprint density at radius 1 is 1.20 bits per heavy atom. The zero-order valence-electron chi connectivity index (χ0n) is 13.2. The van der Waals surface area contributed by atoms with Crippen LogP contribution in [0.1, 0.15) is 52.4 Å². The lowest BCUT2D eigenvalue weighted by atomic mass is 10.1. The van der Waals surface area contributed by atoms with Crippen molar-refractivity contribution in [3.63, 3.8) is 0 Å². The molecule has 2 fully saturated rings. The van der Waals surface area contributed by atoms with E-state index in [-0.39, 0.29) is 6.03 Å². The van der Waals surface area contributed by atoms with Gasteiger partial charge in [-0.1, -0.05) is 26.7 Å². The molecule has 116 valence electrons. The van der Waals surface area contributed by atoms with Gasteiger partial charge in [-0.05, 0) is 38.1 Å². The molecule has 0 aromatic rings. The van der Waals surface area contributed by atoms with Crippen molar-refractivity contribution in [1.29, 1.82) is 0 Å². The molecule has 1 unspecified atom stereocenters. The lowest BCUT2D eigenvalue weighted by molar-refractivity contribution is 0.144. The first kappa shape index (κ1) is 15.6. The molecular formula is C16H31N3O. The third-order valence-corrected chi connectivity index (χ3v) is 4.34. The molecule has 20 heavy (non-hydrogen) atoms. The van der Waals surface area contributed by atoms with Crippen molar-refractivity contribution < 1.29 is 4.79 Å². The molecule has 2 heterocycles. The van der Waals surface area contributed by atoms with Gasteiger partial charge in [-0.3, -0.25) is 0 Å². The van der Waals surface area contributed by atoms with Gasteiger partial charge in [0.2, 0.25) is 0 Å². The second-order valence-electron chi connectivity index (χ2n) is 6.78. The number of amides is 2. The first-order chi connectivity index (χ1) is 9.66. The van der Waals surface area contributed by atoms with E-state index in [1.54, 1.807) is 0 Å². The molecular weight excluding hydrogens is 250 g/mol. The van der Waals surface area contributed by atoms with Crippen LogP contribution in [0, 0.1) is 5.92 Å². The van der Waals surface area contributed by atoms with E-state index in [1.165, 1.54) is 38.5 Å². The van der Waals surface area contributed by atoms with Crippen LogP contribution in [-0.2, 0) is 0 Å². The Balaban J connectivity index is 1.94. The summed E-state index contributed by atoms with van der Waals surface area (Å²) in [6.07, 6.45) is 7.35. The minimum Gasteiger partial charge on any atom is -0.325 e. The molecule has 0 saturated carbocycles. The van der Waals surface area contributed by atoms with E-state index in [1.807, 2.05) is 0 Å². The number of carbonyl (C=O) groups is 1. The van der Waals surface area contributed by atoms with Crippen molar-refractivity contribution in [1.82, 2.24) is 15.1 Å². The highest BCUT2D eigenvalue weighted by Gasteiger charge is 2.26. The largest absolute Gasteiger partial charge is 0.325 e. The summed E-state index contributed by atoms with van der Waals surface area (Å²) in [4.78, 5) is 17.0. The standard InChI is InChI=1S/C16H31N3O/c1-14(2)12-19(13-15-8-7-9-17-15)16(20)18-10-5-3-4-6-11-18/h14-15,17H,3-13H2,1-2H3. The van der Waals surface area contributed by atoms with Crippen LogP contribution in [0.5, 0.6) is 0 Å². The molecule has 0 bridgehead atoms. The summed E-state index contributed by atoms with van der Waals surface area (Å²) in [5.41, 5.74) is 0. The van der Waals surface area contributed by atoms with Gasteiger partial charge < -0.3 is 15.1 Å². The third-order valence-electron chi connectivity index (χ3n) is 4.34. The van der Waals surface area contributed by atoms with E-state index >= 15 is 0 Å². The number of nitrogens with one attached hydrogen (secondary N) is 1. The molecule has 0 aliphatic carbocycles. The zero-order valence-corrected chi connectivity index (χ0v) is 13.2. The molecule has 1 N–H and O–H groups in total. The Bertz CT molecular complexity index is 292. The highest BCUT2D eigenvalue weighted by molar-refractivity contribution is 5.74. The third kappa shape index (κ3) is 4.65. The quantitative estimate of drug-likeness (QED) is 0.860. The van der Waals surface area contributed by atoms with Crippen molar-refractivity contribution in [2.75, 3.05) is 32.7 Å². The van der Waals surface area contributed by atoms with Crippen molar-refractivity contribution in [3.8, 4) is 0 Å². The lowest BCUT2D eigenvalue weighted by Crippen LogP contribution is -2.49. The summed E-state index contributed by atoms with van der Waals surface area (Å²) in [5.74, 6) is 0.535. The number of hydrogen-bond donors (Lipinski definition) is 1. The van der Waals surface area contributed by atoms with E-state index in [2.05, 4.69) is 29.0 Å². The van der Waals surface area contributed by atoms with Crippen molar-refractivity contribution in [2.45, 2.75) is 58.4 Å². The summed E-state index contributed by atoms with van der Waals surface area (Å²) in [6, 6.07) is 0.777. The van der Waals surface area contributed by atoms with Crippen molar-refractivity contribution in [3.05, 3.63) is 0 Å². The number of carbonyl (C=O) groups excluding carboxylic acids is 1. The monoisotopic (exact) mass is 281 g/mol. The molecule has 0 aromatic carbocycles. The smallest absolute Gasteiger partial charge is 0.320 e. The fourth-order valence-corrected chi connectivity index (χ4v) is 3.31. The van der Waals surface area contributed by atoms with Gasteiger partial charge in [0, 0.05) is 32.2 Å². The van der Waals surface area contributed by atoms with Gasteiger partial charge in [0.1, 0.15) is 0 Å². The van der Waals surface area contributed by atoms with Gasteiger partial charge in [-0.25, -0.2) is 4.79 Å². The summed E-state index contributed by atoms with van der Waals surface area (Å²) in [6.45, 7) is 9.17. The second-order valence-corrected chi connectivity index (χ2v) is 6.78. The highest BCUT2D eigenvalue weighted by Crippen LogP contribution is 2.15. The van der Waals surface area contributed by atoms with E-state index < -0.39 is 0 Å². The predicted octanol–water partition coefficient (Wildman–Crippen LogP) is 2.69. The van der Waals surface area contributed by atoms with Gasteiger partial charge in [0.05, 0.1) is 0 Å². The molecule has 4 nitrogen and oxygen atoms in total. The summed E-state index contributed by atoms with van der Waals surface area (Å²) < 4.78 is 0. The molecule has 0 radical (unpaired) electrons. The van der Waals surface area contributed by atoms with Crippen LogP contribution in [0.3, 0.4) is 0 Å². The molecule has 0 aromatic heterocycles. The Labute approximate surface area is 123 Å². The molecule has 1 atom stereocenters. The first-order valence-electron chi connectivity index (χ1n) is 8.44. The maximum absolute atomic E-state index is 12.8. The van der Waals surface area contributed by atoms with Crippen LogP contribution in [0.15, 0.2) is 0 Å². The number of hydrogen-bond acceptors (Lipinski definition) is 2. The minimum atomic E-state index is 0.273. The average Bonchev–Trinajstić information content (AvgIpc) is 2.76. The predicted molar refractivity (Wildman–Crippen MR) is 82.9 cm³/mol. The van der Waals surface area contributed by atoms with Crippen LogP contribution >= 0.6 is 0 Å². The summed E-state index contributed by atoms with van der Waals surface area (Å²) in [7, 11) is 0. The topological polar surface area (TPSA) is 35.6 Å². The van der Waals surface area contributed by atoms with E-state index in [9.17, 15) is 4.79 Å². The number of rotatable bonds is 4. The lowest BCUT2D eigenvalue weighted by Gasteiger charge is -2.33. The Morgan fingerprint density at radius 2 is 1.90 bits per heavy atom. The molecule has 0 spiro atoms. The van der Waals surface area contributed by atoms with Crippen molar-refractivity contribution >= 4 is 6.03 Å². The maximum atomic E-state index is 12.8. The molecule has 2 aliphatic rings. The number of nitrogens with zero attached hydrogens (tertiary/aromatic N) is 2. The number of likely N-dealkylation sites (tertiary alicyclic amines) is 1. The normalized spacial score (nSPS) is 23.9.